The molecule has 1 aliphatic rings. The number of rotatable bonds is 7. The highest BCUT2D eigenvalue weighted by Crippen LogP contribution is 2.35. The molecule has 7 heteroatoms. The molecule has 0 aliphatic carbocycles. The molecule has 1 atom stereocenters. The first-order valence-electron chi connectivity index (χ1n) is 10.6. The Morgan fingerprint density at radius 1 is 1.00 bits per heavy atom. The lowest BCUT2D eigenvalue weighted by atomic mass is 10.1. The lowest BCUT2D eigenvalue weighted by Gasteiger charge is -2.29. The molecule has 1 heterocycles. The van der Waals surface area contributed by atoms with Crippen molar-refractivity contribution in [3.05, 3.63) is 84.4 Å². The zero-order valence-corrected chi connectivity index (χ0v) is 19.0. The van der Waals surface area contributed by atoms with Gasteiger partial charge in [-0.1, -0.05) is 48.5 Å². The van der Waals surface area contributed by atoms with Crippen molar-refractivity contribution in [3.8, 4) is 5.75 Å². The molecule has 1 amide bonds. The van der Waals surface area contributed by atoms with Gasteiger partial charge in [0.15, 0.2) is 0 Å². The van der Waals surface area contributed by atoms with E-state index in [1.165, 1.54) is 12.1 Å². The lowest BCUT2D eigenvalue weighted by molar-refractivity contribution is -0.117. The molecule has 32 heavy (non-hydrogen) atoms. The van der Waals surface area contributed by atoms with E-state index >= 15 is 0 Å². The predicted molar refractivity (Wildman–Crippen MR) is 126 cm³/mol. The maximum atomic E-state index is 13.7. The molecule has 0 saturated heterocycles. The second-order valence-corrected chi connectivity index (χ2v) is 9.53. The second-order valence-electron chi connectivity index (χ2n) is 7.67. The molecule has 0 unspecified atom stereocenters. The first kappa shape index (κ1) is 21.9. The molecule has 0 fully saturated rings. The Balaban J connectivity index is 1.77. The Kier molecular flexibility index (Phi) is 6.19. The topological polar surface area (TPSA) is 66.9 Å². The summed E-state index contributed by atoms with van der Waals surface area (Å²) >= 11 is 0. The van der Waals surface area contributed by atoms with Gasteiger partial charge < -0.3 is 9.64 Å². The molecule has 4 rings (SSSR count). The molecule has 1 aliphatic heterocycles. The first-order chi connectivity index (χ1) is 15.4. The number of fused-ring (bicyclic) bond motifs is 1. The Morgan fingerprint density at radius 2 is 1.66 bits per heavy atom. The quantitative estimate of drug-likeness (QED) is 0.540. The molecule has 0 aromatic heterocycles. The number of anilines is 2. The molecular formula is C25H26N2O4S. The normalized spacial score (nSPS) is 15.3. The zero-order valence-electron chi connectivity index (χ0n) is 18.1. The first-order valence-corrected chi connectivity index (χ1v) is 12.1. The predicted octanol–water partition coefficient (Wildman–Crippen LogP) is 4.26. The van der Waals surface area contributed by atoms with Gasteiger partial charge >= 0.3 is 0 Å². The van der Waals surface area contributed by atoms with Crippen LogP contribution in [0.25, 0.3) is 0 Å². The van der Waals surface area contributed by atoms with Crippen molar-refractivity contribution in [2.24, 2.45) is 0 Å². The van der Waals surface area contributed by atoms with Crippen molar-refractivity contribution in [1.29, 1.82) is 0 Å². The van der Waals surface area contributed by atoms with Crippen LogP contribution in [0.1, 0.15) is 19.4 Å². The number of hydrogen-bond donors (Lipinski definition) is 0. The van der Waals surface area contributed by atoms with E-state index in [4.69, 9.17) is 4.74 Å². The van der Waals surface area contributed by atoms with Crippen LogP contribution in [0.3, 0.4) is 0 Å². The molecular weight excluding hydrogens is 424 g/mol. The number of carbonyl (C=O) groups excluding carboxylic acids is 1. The summed E-state index contributed by atoms with van der Waals surface area (Å²) in [5.41, 5.74) is 2.26. The zero-order chi connectivity index (χ0) is 22.7. The number of benzene rings is 3. The summed E-state index contributed by atoms with van der Waals surface area (Å²) in [5.74, 6) is 0.130. The minimum absolute atomic E-state index is 0.0525. The van der Waals surface area contributed by atoms with Gasteiger partial charge in [0.25, 0.3) is 10.0 Å². The standard InChI is InChI=1S/C25H26N2O4S/c1-3-31-24-16-10-9-15-23(24)26(32(29,30)21-12-5-4-6-13-21)18-25(28)27-19(2)17-20-11-7-8-14-22(20)27/h4-16,19H,3,17-18H2,1-2H3/t19-/m0/s1. The fourth-order valence-electron chi connectivity index (χ4n) is 4.10. The van der Waals surface area contributed by atoms with Crippen molar-refractivity contribution in [2.45, 2.75) is 31.2 Å². The van der Waals surface area contributed by atoms with Gasteiger partial charge in [0.05, 0.1) is 17.2 Å². The van der Waals surface area contributed by atoms with Crippen LogP contribution in [0.4, 0.5) is 11.4 Å². The van der Waals surface area contributed by atoms with Crippen molar-refractivity contribution >= 4 is 27.3 Å². The van der Waals surface area contributed by atoms with E-state index in [0.29, 0.717) is 18.0 Å². The fraction of sp³-hybridized carbons (Fsp3) is 0.240. The smallest absolute Gasteiger partial charge is 0.264 e. The molecule has 3 aromatic rings. The van der Waals surface area contributed by atoms with Gasteiger partial charge in [-0.2, -0.15) is 0 Å². The van der Waals surface area contributed by atoms with Crippen molar-refractivity contribution in [2.75, 3.05) is 22.4 Å². The van der Waals surface area contributed by atoms with Crippen LogP contribution in [0.2, 0.25) is 0 Å². The van der Waals surface area contributed by atoms with Gasteiger partial charge in [0, 0.05) is 11.7 Å². The number of para-hydroxylation sites is 3. The maximum absolute atomic E-state index is 13.7. The van der Waals surface area contributed by atoms with Crippen LogP contribution in [-0.4, -0.2) is 33.5 Å². The van der Waals surface area contributed by atoms with Gasteiger partial charge in [-0.3, -0.25) is 9.10 Å². The summed E-state index contributed by atoms with van der Waals surface area (Å²) in [6.07, 6.45) is 0.739. The van der Waals surface area contributed by atoms with E-state index in [1.807, 2.05) is 38.1 Å². The van der Waals surface area contributed by atoms with Crippen LogP contribution in [0.15, 0.2) is 83.8 Å². The van der Waals surface area contributed by atoms with E-state index in [1.54, 1.807) is 47.4 Å². The highest BCUT2D eigenvalue weighted by Gasteiger charge is 2.35. The summed E-state index contributed by atoms with van der Waals surface area (Å²) in [6, 6.07) is 22.7. The van der Waals surface area contributed by atoms with E-state index in [2.05, 4.69) is 0 Å². The van der Waals surface area contributed by atoms with Crippen molar-refractivity contribution in [3.63, 3.8) is 0 Å². The number of hydrogen-bond acceptors (Lipinski definition) is 4. The summed E-state index contributed by atoms with van der Waals surface area (Å²) < 4.78 is 34.2. The Hall–Kier alpha value is -3.32. The third-order valence-corrected chi connectivity index (χ3v) is 7.29. The summed E-state index contributed by atoms with van der Waals surface area (Å²) in [5, 5.41) is 0. The van der Waals surface area contributed by atoms with Crippen molar-refractivity contribution < 1.29 is 17.9 Å². The van der Waals surface area contributed by atoms with Gasteiger partial charge in [-0.15, -0.1) is 0 Å². The summed E-state index contributed by atoms with van der Waals surface area (Å²) in [4.78, 5) is 15.3. The largest absolute Gasteiger partial charge is 0.492 e. The number of carbonyl (C=O) groups is 1. The molecule has 3 aromatic carbocycles. The average molecular weight is 451 g/mol. The van der Waals surface area contributed by atoms with Crippen LogP contribution in [0.5, 0.6) is 5.75 Å². The average Bonchev–Trinajstić information content (AvgIpc) is 3.14. The van der Waals surface area contributed by atoms with Crippen LogP contribution < -0.4 is 13.9 Å². The fourth-order valence-corrected chi connectivity index (χ4v) is 5.55. The minimum atomic E-state index is -4.01. The molecule has 166 valence electrons. The van der Waals surface area contributed by atoms with E-state index in [9.17, 15) is 13.2 Å². The highest BCUT2D eigenvalue weighted by molar-refractivity contribution is 7.92. The van der Waals surface area contributed by atoms with E-state index in [0.717, 1.165) is 22.0 Å². The van der Waals surface area contributed by atoms with E-state index < -0.39 is 10.0 Å². The van der Waals surface area contributed by atoms with Crippen LogP contribution in [0, 0.1) is 0 Å². The molecule has 0 saturated carbocycles. The molecule has 6 nitrogen and oxygen atoms in total. The molecule has 0 spiro atoms. The Labute approximate surface area is 189 Å². The number of ether oxygens (including phenoxy) is 1. The molecule has 0 N–H and O–H groups in total. The van der Waals surface area contributed by atoms with Crippen molar-refractivity contribution in [1.82, 2.24) is 0 Å². The van der Waals surface area contributed by atoms with Crippen LogP contribution >= 0.6 is 0 Å². The third kappa shape index (κ3) is 4.08. The van der Waals surface area contributed by atoms with Gasteiger partial charge in [-0.05, 0) is 56.2 Å². The van der Waals surface area contributed by atoms with Crippen LogP contribution in [-0.2, 0) is 21.2 Å². The lowest BCUT2D eigenvalue weighted by Crippen LogP contribution is -2.45. The number of sulfonamides is 1. The van der Waals surface area contributed by atoms with Gasteiger partial charge in [-0.25, -0.2) is 8.42 Å². The minimum Gasteiger partial charge on any atom is -0.492 e. The van der Waals surface area contributed by atoms with E-state index in [-0.39, 0.29) is 23.4 Å². The summed E-state index contributed by atoms with van der Waals surface area (Å²) in [6.45, 7) is 3.85. The SMILES string of the molecule is CCOc1ccccc1N(CC(=O)N1c2ccccc2C[C@@H]1C)S(=O)(=O)c1ccccc1. The Morgan fingerprint density at radius 3 is 2.41 bits per heavy atom. The number of nitrogens with zero attached hydrogens (tertiary/aromatic N) is 2. The van der Waals surface area contributed by atoms with Gasteiger partial charge in [0.2, 0.25) is 5.91 Å². The summed E-state index contributed by atoms with van der Waals surface area (Å²) in [7, 11) is -4.01. The second kappa shape index (κ2) is 9.04. The monoisotopic (exact) mass is 450 g/mol. The number of amides is 1. The van der Waals surface area contributed by atoms with Gasteiger partial charge in [0.1, 0.15) is 12.3 Å². The molecule has 0 bridgehead atoms. The maximum Gasteiger partial charge on any atom is 0.264 e. The third-order valence-electron chi connectivity index (χ3n) is 5.52. The molecule has 0 radical (unpaired) electrons. The Bertz CT molecular complexity index is 1210. The highest BCUT2D eigenvalue weighted by atomic mass is 32.2.